The fraction of sp³-hybridized carbons (Fsp3) is 0.316. The number of nitrogens with zero attached hydrogens (tertiary/aromatic N) is 3. The predicted molar refractivity (Wildman–Crippen MR) is 498 cm³/mol. The van der Waals surface area contributed by atoms with Crippen molar-refractivity contribution in [3.8, 4) is 22.3 Å². The maximum atomic E-state index is 16.5. The molecule has 1 heterocycles. The Hall–Kier alpha value is -13.2. The first kappa shape index (κ1) is 96.5. The topological polar surface area (TPSA) is 427 Å². The highest BCUT2D eigenvalue weighted by molar-refractivity contribution is 8.22. The molecule has 30 nitrogen and oxygen atoms in total. The zero-order valence-electron chi connectivity index (χ0n) is 73.4. The van der Waals surface area contributed by atoms with Gasteiger partial charge in [-0.3, -0.25) is 57.5 Å². The second-order valence-corrected chi connectivity index (χ2v) is 43.0. The van der Waals surface area contributed by atoms with E-state index in [2.05, 4.69) is 57.8 Å². The average molecular weight is 1830 g/mol. The van der Waals surface area contributed by atoms with Crippen molar-refractivity contribution in [1.29, 1.82) is 0 Å². The molecule has 11 rings (SSSR count). The zero-order chi connectivity index (χ0) is 93.6. The first-order valence-electron chi connectivity index (χ1n) is 42.0. The number of hydrogen-bond donors (Lipinski definition) is 11. The van der Waals surface area contributed by atoms with Crippen LogP contribution in [0.15, 0.2) is 231 Å². The number of imidazole rings is 1. The highest BCUT2D eigenvalue weighted by Gasteiger charge is 2.50. The van der Waals surface area contributed by atoms with Gasteiger partial charge >= 0.3 is 12.2 Å². The largest absolute Gasteiger partial charge is 0.448 e. The molecule has 12 N–H and O–H groups in total. The van der Waals surface area contributed by atoms with Crippen LogP contribution in [-0.2, 0) is 97.0 Å². The number of imide groups is 2. The van der Waals surface area contributed by atoms with Crippen LogP contribution in [0.2, 0.25) is 0 Å². The van der Waals surface area contributed by atoms with Gasteiger partial charge in [-0.2, -0.15) is 0 Å². The number of ether oxygens (including phenoxy) is 2. The molecule has 2 aliphatic carbocycles. The summed E-state index contributed by atoms with van der Waals surface area (Å²) in [5.74, 6) is -13.0. The number of nitrogens with one attached hydrogen (secondary N) is 10. The van der Waals surface area contributed by atoms with Gasteiger partial charge in [-0.25, -0.2) is 24.4 Å². The molecule has 0 saturated heterocycles. The van der Waals surface area contributed by atoms with Gasteiger partial charge < -0.3 is 68.0 Å². The van der Waals surface area contributed by atoms with Crippen molar-refractivity contribution in [2.45, 2.75) is 166 Å². The van der Waals surface area contributed by atoms with E-state index in [4.69, 9.17) is 38.8 Å². The minimum atomic E-state index is -3.52. The smallest absolute Gasteiger partial charge is 0.417 e. The van der Waals surface area contributed by atoms with Crippen LogP contribution in [0.25, 0.3) is 22.3 Å². The number of hydrogen-bond acceptors (Lipinski definition) is 19. The average Bonchev–Trinajstić information content (AvgIpc) is 1.65. The summed E-state index contributed by atoms with van der Waals surface area (Å²) in [5, 5.41) is 25.6. The van der Waals surface area contributed by atoms with E-state index in [9.17, 15) is 28.8 Å². The number of benzene rings is 8. The van der Waals surface area contributed by atoms with E-state index >= 15 is 38.4 Å². The van der Waals surface area contributed by atoms with Gasteiger partial charge in [0, 0.05) is 55.8 Å². The van der Waals surface area contributed by atoms with Crippen molar-refractivity contribution in [2.24, 2.45) is 5.73 Å². The first-order valence-corrected chi connectivity index (χ1v) is 47.9. The van der Waals surface area contributed by atoms with Crippen LogP contribution in [0.3, 0.4) is 0 Å². The van der Waals surface area contributed by atoms with Crippen LogP contribution < -0.4 is 74.8 Å². The third-order valence-corrected chi connectivity index (χ3v) is 32.4. The SMILES string of the molecule is CC(=O)N[C@@H](C)C(=O)NC(C)(C)C(=O)N[C@@H](C)C(=O)N(C(=O)OCC1c2ccccc2-c2ccccc21)[C@@H](CP(=S)(c1ccccc1)c1ccccc1)C(=O)N[C@@H](Cc1c[nH]cn1)C(=O)N[C@@H](C)C(=O)NC(C)(C)C(=O)N(C(=O)OCC1c2ccccc2-c2ccccc21)[C@@H](CP(=S)(c1ccccc1)c1ccccc1)C(=O)N[C@@H](C)C(=O)NC(C)(C)C(=O)N[C@@H](C)C(N)=O. The number of aromatic amines is 1. The normalized spacial score (nSPS) is 14.3. The maximum Gasteiger partial charge on any atom is 0.417 e. The standard InChI is InChI=1S/C95H106N14O16P2S2/c1-56(80(96)111)102-88(119)93(7,8)106-82(113)59(4)101-85(116)79(54-127(129,65-37-21-15-22-38-65)66-39-23-16-24-40-66)109(92(123)125-52-76-73-47-31-27-43-69(73)70-44-28-32-48-74(70)76)90(121)95(11,12)107-83(114)58(3)100-84(115)77(49-62-50-97-55-98-62)104-86(117)78(53-126(128,63-33-17-13-18-34-63)64-35-19-14-20-36-64)108(87(118)60(5)103-89(120)94(9,10)105-81(112)57(2)99-61(6)110)91(122)124-51-75-71-45-29-25-41-67(71)68-42-26-30-46-72(68)75/h13-48,50,55-60,75-79H,49,51-54H2,1-12H3,(H2,96,111)(H,97,98)(H,99,110)(H,100,115)(H,101,116)(H,102,119)(H,103,120)(H,104,117)(H,105,112)(H,106,113)(H,107,114)/t56-,57-,58-,59-,60-,77-,78-,79-/m0/s1. The van der Waals surface area contributed by atoms with E-state index in [1.807, 2.05) is 97.1 Å². The lowest BCUT2D eigenvalue weighted by molar-refractivity contribution is -0.145. The fourth-order valence-electron chi connectivity index (χ4n) is 15.5. The number of aromatic nitrogens is 2. The maximum absolute atomic E-state index is 16.5. The predicted octanol–water partition coefficient (Wildman–Crippen LogP) is 6.70. The Morgan fingerprint density at radius 2 is 0.736 bits per heavy atom. The highest BCUT2D eigenvalue weighted by Crippen LogP contribution is 2.49. The number of carbonyl (C=O) groups is 14. The van der Waals surface area contributed by atoms with Crippen LogP contribution in [0, 0.1) is 0 Å². The Morgan fingerprint density at radius 1 is 0.411 bits per heavy atom. The Kier molecular flexibility index (Phi) is 30.9. The van der Waals surface area contributed by atoms with E-state index in [1.54, 1.807) is 121 Å². The molecule has 0 saturated carbocycles. The van der Waals surface area contributed by atoms with Gasteiger partial charge in [0.1, 0.15) is 78.2 Å². The number of H-pyrrole nitrogens is 1. The van der Waals surface area contributed by atoms with Crippen LogP contribution in [0.5, 0.6) is 0 Å². The minimum absolute atomic E-state index is 0.173. The zero-order valence-corrected chi connectivity index (χ0v) is 76.8. The third-order valence-electron chi connectivity index (χ3n) is 22.7. The summed E-state index contributed by atoms with van der Waals surface area (Å²) in [6.07, 6.45) is -1.51. The number of nitrogens with two attached hydrogens (primary N) is 1. The van der Waals surface area contributed by atoms with Crippen LogP contribution in [0.1, 0.15) is 123 Å². The van der Waals surface area contributed by atoms with E-state index in [0.29, 0.717) is 31.0 Å². The van der Waals surface area contributed by atoms with Crippen molar-refractivity contribution in [3.63, 3.8) is 0 Å². The molecule has 129 heavy (non-hydrogen) atoms. The monoisotopic (exact) mass is 1820 g/mol. The van der Waals surface area contributed by atoms with Gasteiger partial charge in [0.25, 0.3) is 11.8 Å². The van der Waals surface area contributed by atoms with Crippen molar-refractivity contribution in [2.75, 3.05) is 25.5 Å². The van der Waals surface area contributed by atoms with Gasteiger partial charge in [-0.05, 0) is 142 Å². The quantitative estimate of drug-likeness (QED) is 0.0182. The van der Waals surface area contributed by atoms with Crippen molar-refractivity contribution >= 4 is 140 Å². The van der Waals surface area contributed by atoms with Crippen LogP contribution in [-0.4, -0.2) is 193 Å². The highest BCUT2D eigenvalue weighted by atomic mass is 32.4. The summed E-state index contributed by atoms with van der Waals surface area (Å²) >= 11 is 13.6. The lowest BCUT2D eigenvalue weighted by atomic mass is 9.98. The molecule has 8 atom stereocenters. The van der Waals surface area contributed by atoms with Gasteiger partial charge in [0.05, 0.1) is 12.0 Å². The Labute approximate surface area is 758 Å². The molecule has 9 aromatic rings. The summed E-state index contributed by atoms with van der Waals surface area (Å²) in [5.41, 5.74) is 6.34. The van der Waals surface area contributed by atoms with Gasteiger partial charge in [-0.1, -0.05) is 242 Å². The van der Waals surface area contributed by atoms with Crippen molar-refractivity contribution in [3.05, 3.63) is 259 Å². The Morgan fingerprint density at radius 3 is 1.10 bits per heavy atom. The molecule has 674 valence electrons. The van der Waals surface area contributed by atoms with Crippen LogP contribution in [0.4, 0.5) is 9.59 Å². The third kappa shape index (κ3) is 22.5. The molecule has 14 amide bonds. The lowest BCUT2D eigenvalue weighted by Crippen LogP contribution is -2.66. The minimum Gasteiger partial charge on any atom is -0.448 e. The molecule has 1 aromatic heterocycles. The molecule has 34 heteroatoms. The van der Waals surface area contributed by atoms with Gasteiger partial charge in [-0.15, -0.1) is 0 Å². The lowest BCUT2D eigenvalue weighted by Gasteiger charge is -2.38. The number of carbonyl (C=O) groups excluding carboxylic acids is 14. The molecular formula is C95H106N14O16P2S2. The molecule has 0 radical (unpaired) electrons. The van der Waals surface area contributed by atoms with Gasteiger partial charge in [0.2, 0.25) is 59.1 Å². The fourth-order valence-corrected chi connectivity index (χ4v) is 23.5. The second kappa shape index (κ2) is 41.3. The molecule has 2 aliphatic rings. The molecule has 0 fully saturated rings. The molecule has 0 unspecified atom stereocenters. The number of rotatable bonds is 36. The molecule has 0 bridgehead atoms. The molecule has 0 spiro atoms. The Balaban J connectivity index is 0.957. The summed E-state index contributed by atoms with van der Waals surface area (Å²) in [6, 6.07) is 44.7. The second-order valence-electron chi connectivity index (χ2n) is 33.6. The van der Waals surface area contributed by atoms with Crippen LogP contribution >= 0.6 is 12.1 Å². The van der Waals surface area contributed by atoms with E-state index in [1.165, 1.54) is 95.6 Å². The number of fused-ring (bicyclic) bond motifs is 6. The van der Waals surface area contributed by atoms with E-state index in [-0.39, 0.29) is 5.69 Å². The summed E-state index contributed by atoms with van der Waals surface area (Å²) in [6.45, 7) is 14.8. The number of primary amides is 1. The molecular weight excluding hydrogens is 1720 g/mol. The first-order chi connectivity index (χ1) is 61.2. The Bertz CT molecular complexity index is 5650. The van der Waals surface area contributed by atoms with Crippen molar-refractivity contribution in [1.82, 2.24) is 67.6 Å². The number of amides is 14. The summed E-state index contributed by atoms with van der Waals surface area (Å²) in [7, 11) is 0. The van der Waals surface area contributed by atoms with Crippen molar-refractivity contribution < 1.29 is 76.6 Å². The molecule has 8 aromatic carbocycles. The summed E-state index contributed by atoms with van der Waals surface area (Å²) < 4.78 is 12.7. The van der Waals surface area contributed by atoms with Gasteiger partial charge in [0.15, 0.2) is 0 Å². The summed E-state index contributed by atoms with van der Waals surface area (Å²) in [4.78, 5) is 216. The molecule has 0 aliphatic heterocycles. The van der Waals surface area contributed by atoms with E-state index in [0.717, 1.165) is 44.5 Å². The van der Waals surface area contributed by atoms with E-state index < -0.39 is 204 Å².